The summed E-state index contributed by atoms with van der Waals surface area (Å²) in [5.41, 5.74) is 8.87. The number of nitrogens with one attached hydrogen (secondary N) is 1. The van der Waals surface area contributed by atoms with Gasteiger partial charge < -0.3 is 24.3 Å². The van der Waals surface area contributed by atoms with Crippen molar-refractivity contribution in [3.63, 3.8) is 0 Å². The van der Waals surface area contributed by atoms with E-state index in [-0.39, 0.29) is 11.7 Å². The number of ether oxygens (including phenoxy) is 2. The molecule has 0 unspecified atom stereocenters. The first-order valence-corrected chi connectivity index (χ1v) is 16.2. The van der Waals surface area contributed by atoms with Crippen LogP contribution in [0.2, 0.25) is 0 Å². The predicted molar refractivity (Wildman–Crippen MR) is 187 cm³/mol. The number of anilines is 1. The third kappa shape index (κ3) is 7.04. The summed E-state index contributed by atoms with van der Waals surface area (Å²) in [4.78, 5) is 18.2. The van der Waals surface area contributed by atoms with Crippen LogP contribution in [0.4, 0.5) is 10.1 Å². The van der Waals surface area contributed by atoms with E-state index in [1.165, 1.54) is 39.9 Å². The van der Waals surface area contributed by atoms with Crippen LogP contribution in [-0.4, -0.2) is 74.3 Å². The average molecular weight is 635 g/mol. The van der Waals surface area contributed by atoms with Crippen LogP contribution in [0.5, 0.6) is 11.5 Å². The monoisotopic (exact) mass is 634 g/mol. The number of rotatable bonds is 10. The van der Waals surface area contributed by atoms with E-state index in [0.29, 0.717) is 28.3 Å². The van der Waals surface area contributed by atoms with E-state index in [1.54, 1.807) is 38.5 Å². The molecule has 0 spiro atoms. The molecular weight excluding hydrogens is 591 g/mol. The number of halogens is 1. The molecule has 47 heavy (non-hydrogen) atoms. The van der Waals surface area contributed by atoms with Crippen molar-refractivity contribution in [2.45, 2.75) is 26.8 Å². The van der Waals surface area contributed by atoms with Gasteiger partial charge >= 0.3 is 0 Å². The number of aryl methyl sites for hydroxylation is 1. The molecule has 1 aromatic heterocycles. The van der Waals surface area contributed by atoms with Crippen molar-refractivity contribution in [3.05, 3.63) is 113 Å². The minimum Gasteiger partial charge on any atom is -0.496 e. The molecule has 5 aromatic rings. The van der Waals surface area contributed by atoms with Crippen molar-refractivity contribution in [2.75, 3.05) is 59.3 Å². The molecular formula is C39H43FN4O3. The zero-order valence-electron chi connectivity index (χ0n) is 27.9. The Kier molecular flexibility index (Phi) is 9.61. The van der Waals surface area contributed by atoms with Gasteiger partial charge in [-0.25, -0.2) is 4.39 Å². The molecule has 1 amide bonds. The van der Waals surface area contributed by atoms with Gasteiger partial charge in [0.1, 0.15) is 17.3 Å². The Bertz CT molecular complexity index is 1850. The molecule has 8 heteroatoms. The van der Waals surface area contributed by atoms with Gasteiger partial charge in [-0.05, 0) is 86.0 Å². The third-order valence-corrected chi connectivity index (χ3v) is 9.46. The molecule has 6 rings (SSSR count). The largest absolute Gasteiger partial charge is 0.496 e. The van der Waals surface area contributed by atoms with Crippen LogP contribution in [0.25, 0.3) is 22.0 Å². The van der Waals surface area contributed by atoms with E-state index < -0.39 is 0 Å². The second-order valence-corrected chi connectivity index (χ2v) is 12.4. The van der Waals surface area contributed by atoms with Gasteiger partial charge in [0.15, 0.2) is 0 Å². The standard InChI is InChI=1S/C39H43FN4O3/c1-26-27(2)44(21-20-43-18-16-42(3)17-19-43)35-15-8-29(23-34(26)35)22-28-6-9-31(10-7-28)39(45)41-33-24-36(46-4)38(37(25-33)47-5)30-11-13-32(40)14-12-30/h6-15,23-25H,16-22H2,1-5H3,(H,41,45). The van der Waals surface area contributed by atoms with Gasteiger partial charge in [-0.1, -0.05) is 30.3 Å². The summed E-state index contributed by atoms with van der Waals surface area (Å²) >= 11 is 0. The number of methoxy groups -OCH3 is 2. The number of fused-ring (bicyclic) bond motifs is 1. The predicted octanol–water partition coefficient (Wildman–Crippen LogP) is 7.17. The third-order valence-electron chi connectivity index (χ3n) is 9.46. The number of nitrogens with zero attached hydrogens (tertiary/aromatic N) is 3. The fraction of sp³-hybridized carbons (Fsp3) is 0.308. The van der Waals surface area contributed by atoms with E-state index in [9.17, 15) is 9.18 Å². The van der Waals surface area contributed by atoms with Crippen molar-refractivity contribution in [2.24, 2.45) is 0 Å². The highest BCUT2D eigenvalue weighted by atomic mass is 19.1. The van der Waals surface area contributed by atoms with Crippen molar-refractivity contribution in [3.8, 4) is 22.6 Å². The number of piperazine rings is 1. The SMILES string of the molecule is COc1cc(NC(=O)c2ccc(Cc3ccc4c(c3)c(C)c(C)n4CCN3CCN(C)CC3)cc2)cc(OC)c1-c1ccc(F)cc1. The Morgan fingerprint density at radius 2 is 1.45 bits per heavy atom. The van der Waals surface area contributed by atoms with Crippen LogP contribution in [0.1, 0.15) is 32.7 Å². The van der Waals surface area contributed by atoms with E-state index in [4.69, 9.17) is 9.47 Å². The van der Waals surface area contributed by atoms with E-state index in [2.05, 4.69) is 58.8 Å². The first-order valence-electron chi connectivity index (χ1n) is 16.2. The number of benzene rings is 4. The summed E-state index contributed by atoms with van der Waals surface area (Å²) in [6.07, 6.45) is 0.780. The Balaban J connectivity index is 1.13. The molecule has 2 heterocycles. The van der Waals surface area contributed by atoms with E-state index >= 15 is 0 Å². The van der Waals surface area contributed by atoms with Gasteiger partial charge in [0.05, 0.1) is 19.8 Å². The van der Waals surface area contributed by atoms with Crippen molar-refractivity contribution < 1.29 is 18.7 Å². The Labute approximate surface area is 276 Å². The molecule has 0 saturated carbocycles. The summed E-state index contributed by atoms with van der Waals surface area (Å²) < 4.78 is 27.2. The first-order chi connectivity index (χ1) is 22.7. The fourth-order valence-electron chi connectivity index (χ4n) is 6.51. The number of hydrogen-bond donors (Lipinski definition) is 1. The highest BCUT2D eigenvalue weighted by Gasteiger charge is 2.18. The highest BCUT2D eigenvalue weighted by Crippen LogP contribution is 2.41. The van der Waals surface area contributed by atoms with Crippen molar-refractivity contribution in [1.29, 1.82) is 0 Å². The molecule has 1 fully saturated rings. The molecule has 0 radical (unpaired) electrons. The van der Waals surface area contributed by atoms with Crippen molar-refractivity contribution in [1.82, 2.24) is 14.4 Å². The molecule has 1 aliphatic rings. The Morgan fingerprint density at radius 1 is 0.809 bits per heavy atom. The minimum absolute atomic E-state index is 0.236. The lowest BCUT2D eigenvalue weighted by molar-refractivity contribution is 0.102. The van der Waals surface area contributed by atoms with Crippen LogP contribution in [0, 0.1) is 19.7 Å². The molecule has 0 bridgehead atoms. The van der Waals surface area contributed by atoms with Crippen LogP contribution in [-0.2, 0) is 13.0 Å². The van der Waals surface area contributed by atoms with Gasteiger partial charge in [0.25, 0.3) is 5.91 Å². The molecule has 1 saturated heterocycles. The molecule has 0 aliphatic carbocycles. The number of carbonyl (C=O) groups excluding carboxylic acids is 1. The minimum atomic E-state index is -0.324. The number of amides is 1. The number of carbonyl (C=O) groups is 1. The summed E-state index contributed by atoms with van der Waals surface area (Å²) in [5, 5.41) is 4.28. The summed E-state index contributed by atoms with van der Waals surface area (Å²) in [7, 11) is 5.30. The van der Waals surface area contributed by atoms with Crippen LogP contribution >= 0.6 is 0 Å². The summed E-state index contributed by atoms with van der Waals surface area (Å²) in [5.74, 6) is 0.458. The van der Waals surface area contributed by atoms with Gasteiger partial charge in [-0.2, -0.15) is 0 Å². The zero-order valence-corrected chi connectivity index (χ0v) is 27.9. The molecule has 0 atom stereocenters. The van der Waals surface area contributed by atoms with Crippen LogP contribution in [0.15, 0.2) is 78.9 Å². The Morgan fingerprint density at radius 3 is 2.09 bits per heavy atom. The lowest BCUT2D eigenvalue weighted by Crippen LogP contribution is -2.45. The van der Waals surface area contributed by atoms with E-state index in [1.807, 2.05) is 24.3 Å². The smallest absolute Gasteiger partial charge is 0.255 e. The lowest BCUT2D eigenvalue weighted by atomic mass is 10.0. The number of hydrogen-bond acceptors (Lipinski definition) is 5. The summed E-state index contributed by atoms with van der Waals surface area (Å²) in [6, 6.07) is 24.2. The molecule has 7 nitrogen and oxygen atoms in total. The maximum absolute atomic E-state index is 13.5. The first kappa shape index (κ1) is 32.3. The number of aromatic nitrogens is 1. The highest BCUT2D eigenvalue weighted by molar-refractivity contribution is 6.04. The van der Waals surface area contributed by atoms with Gasteiger partial charge in [-0.15, -0.1) is 0 Å². The van der Waals surface area contributed by atoms with Gasteiger partial charge in [0, 0.05) is 79.2 Å². The molecule has 4 aromatic carbocycles. The van der Waals surface area contributed by atoms with Crippen molar-refractivity contribution >= 4 is 22.5 Å². The van der Waals surface area contributed by atoms with Crippen LogP contribution < -0.4 is 14.8 Å². The van der Waals surface area contributed by atoms with Gasteiger partial charge in [0.2, 0.25) is 0 Å². The maximum Gasteiger partial charge on any atom is 0.255 e. The fourth-order valence-corrected chi connectivity index (χ4v) is 6.51. The lowest BCUT2D eigenvalue weighted by Gasteiger charge is -2.32. The molecule has 244 valence electrons. The second-order valence-electron chi connectivity index (χ2n) is 12.4. The quantitative estimate of drug-likeness (QED) is 0.177. The maximum atomic E-state index is 13.5. The molecule has 1 aliphatic heterocycles. The second kappa shape index (κ2) is 14.0. The topological polar surface area (TPSA) is 59.0 Å². The summed E-state index contributed by atoms with van der Waals surface area (Å²) in [6.45, 7) is 11.1. The zero-order chi connectivity index (χ0) is 33.1. The Hall–Kier alpha value is -4.66. The van der Waals surface area contributed by atoms with Gasteiger partial charge in [-0.3, -0.25) is 9.69 Å². The molecule has 1 N–H and O–H groups in total. The van der Waals surface area contributed by atoms with E-state index in [0.717, 1.165) is 56.8 Å². The van der Waals surface area contributed by atoms with Crippen LogP contribution in [0.3, 0.4) is 0 Å². The average Bonchev–Trinajstić information content (AvgIpc) is 3.32. The number of likely N-dealkylation sites (N-methyl/N-ethyl adjacent to an activating group) is 1. The normalized spacial score (nSPS) is 14.0.